The molecule has 1 heteroatoms. The Labute approximate surface area is 86.8 Å². The second-order valence-electron chi connectivity index (χ2n) is 4.49. The Hall–Kier alpha value is -0.560. The van der Waals surface area contributed by atoms with Crippen LogP contribution in [0.3, 0.4) is 0 Å². The number of methoxy groups -OCH3 is 1. The van der Waals surface area contributed by atoms with Crippen LogP contribution in [0, 0.1) is 11.8 Å². The third-order valence-corrected chi connectivity index (χ3v) is 3.67. The molecule has 0 N–H and O–H groups in total. The molecule has 1 unspecified atom stereocenters. The van der Waals surface area contributed by atoms with E-state index < -0.39 is 0 Å². The summed E-state index contributed by atoms with van der Waals surface area (Å²) < 4.78 is 5.39. The van der Waals surface area contributed by atoms with Crippen molar-refractivity contribution >= 4 is 0 Å². The van der Waals surface area contributed by atoms with Gasteiger partial charge in [0, 0.05) is 7.11 Å². The van der Waals surface area contributed by atoms with Crippen molar-refractivity contribution in [1.82, 2.24) is 0 Å². The number of hydrogen-bond donors (Lipinski definition) is 0. The number of ether oxygens (including phenoxy) is 1. The first kappa shape index (κ1) is 9.97. The van der Waals surface area contributed by atoms with Gasteiger partial charge in [-0.3, -0.25) is 0 Å². The van der Waals surface area contributed by atoms with Crippen molar-refractivity contribution in [2.45, 2.75) is 38.2 Å². The maximum atomic E-state index is 5.39. The first-order valence-electron chi connectivity index (χ1n) is 5.76. The largest absolute Gasteiger partial charge is 0.381 e. The summed E-state index contributed by atoms with van der Waals surface area (Å²) in [5.74, 6) is 1.71. The van der Waals surface area contributed by atoms with Crippen LogP contribution < -0.4 is 0 Å². The first-order valence-corrected chi connectivity index (χ1v) is 5.76. The molecular formula is C13H20O. The second-order valence-corrected chi connectivity index (χ2v) is 4.49. The Morgan fingerprint density at radius 3 is 2.43 bits per heavy atom. The topological polar surface area (TPSA) is 9.23 Å². The molecule has 14 heavy (non-hydrogen) atoms. The van der Waals surface area contributed by atoms with E-state index in [1.807, 2.05) is 7.11 Å². The normalized spacial score (nSPS) is 37.4. The van der Waals surface area contributed by atoms with Gasteiger partial charge in [0.2, 0.25) is 0 Å². The Morgan fingerprint density at radius 1 is 1.07 bits per heavy atom. The second kappa shape index (κ2) is 4.79. The lowest BCUT2D eigenvalue weighted by molar-refractivity contribution is 0.0504. The van der Waals surface area contributed by atoms with Crippen molar-refractivity contribution in [2.75, 3.05) is 7.11 Å². The third-order valence-electron chi connectivity index (χ3n) is 3.67. The molecule has 0 aromatic heterocycles. The van der Waals surface area contributed by atoms with Gasteiger partial charge in [0.25, 0.3) is 0 Å². The molecule has 0 saturated heterocycles. The van der Waals surface area contributed by atoms with E-state index in [1.54, 1.807) is 0 Å². The van der Waals surface area contributed by atoms with Crippen molar-refractivity contribution in [3.63, 3.8) is 0 Å². The van der Waals surface area contributed by atoms with Gasteiger partial charge in [0.1, 0.15) is 0 Å². The van der Waals surface area contributed by atoms with E-state index >= 15 is 0 Å². The van der Waals surface area contributed by atoms with Crippen LogP contribution in [0.15, 0.2) is 24.3 Å². The fourth-order valence-electron chi connectivity index (χ4n) is 2.70. The van der Waals surface area contributed by atoms with Crippen LogP contribution in [0.5, 0.6) is 0 Å². The van der Waals surface area contributed by atoms with Gasteiger partial charge >= 0.3 is 0 Å². The van der Waals surface area contributed by atoms with E-state index in [0.29, 0.717) is 6.10 Å². The molecule has 1 atom stereocenters. The maximum Gasteiger partial charge on any atom is 0.0571 e. The number of allylic oxidation sites excluding steroid dienone is 4. The molecule has 2 rings (SSSR count). The SMILES string of the molecule is COC1CCC(C2C=CC=CC2)CC1. The predicted molar refractivity (Wildman–Crippen MR) is 59.1 cm³/mol. The molecule has 0 amide bonds. The molecule has 0 aromatic rings. The van der Waals surface area contributed by atoms with Crippen LogP contribution in [0.4, 0.5) is 0 Å². The summed E-state index contributed by atoms with van der Waals surface area (Å²) in [4.78, 5) is 0. The standard InChI is InChI=1S/C13H20O/c1-14-13-9-7-12(8-10-13)11-5-3-2-4-6-11/h2-5,11-13H,6-10H2,1H3. The highest BCUT2D eigenvalue weighted by molar-refractivity contribution is 5.12. The predicted octanol–water partition coefficient (Wildman–Crippen LogP) is 3.32. The van der Waals surface area contributed by atoms with Crippen LogP contribution in [-0.4, -0.2) is 13.2 Å². The van der Waals surface area contributed by atoms with Gasteiger partial charge in [-0.1, -0.05) is 24.3 Å². The summed E-state index contributed by atoms with van der Waals surface area (Å²) >= 11 is 0. The summed E-state index contributed by atoms with van der Waals surface area (Å²) in [7, 11) is 1.84. The van der Waals surface area contributed by atoms with Crippen LogP contribution in [0.2, 0.25) is 0 Å². The minimum atomic E-state index is 0.536. The van der Waals surface area contributed by atoms with Gasteiger partial charge in [-0.05, 0) is 43.9 Å². The van der Waals surface area contributed by atoms with E-state index in [1.165, 1.54) is 32.1 Å². The van der Waals surface area contributed by atoms with Crippen LogP contribution in [-0.2, 0) is 4.74 Å². The smallest absolute Gasteiger partial charge is 0.0571 e. The van der Waals surface area contributed by atoms with Gasteiger partial charge < -0.3 is 4.74 Å². The lowest BCUT2D eigenvalue weighted by atomic mass is 9.76. The van der Waals surface area contributed by atoms with Gasteiger partial charge in [0.15, 0.2) is 0 Å². The summed E-state index contributed by atoms with van der Waals surface area (Å²) in [5, 5.41) is 0. The lowest BCUT2D eigenvalue weighted by Gasteiger charge is -2.32. The van der Waals surface area contributed by atoms with Gasteiger partial charge in [0.05, 0.1) is 6.10 Å². The van der Waals surface area contributed by atoms with Crippen molar-refractivity contribution < 1.29 is 4.74 Å². The molecule has 1 nitrogen and oxygen atoms in total. The van der Waals surface area contributed by atoms with Gasteiger partial charge in [-0.2, -0.15) is 0 Å². The highest BCUT2D eigenvalue weighted by atomic mass is 16.5. The van der Waals surface area contributed by atoms with E-state index in [9.17, 15) is 0 Å². The fourth-order valence-corrected chi connectivity index (χ4v) is 2.70. The van der Waals surface area contributed by atoms with E-state index in [2.05, 4.69) is 24.3 Å². The van der Waals surface area contributed by atoms with E-state index in [4.69, 9.17) is 4.74 Å². The Kier molecular flexibility index (Phi) is 3.41. The van der Waals surface area contributed by atoms with Crippen molar-refractivity contribution in [3.8, 4) is 0 Å². The Balaban J connectivity index is 1.83. The summed E-state index contributed by atoms with van der Waals surface area (Å²) in [6.45, 7) is 0. The molecular weight excluding hydrogens is 172 g/mol. The average molecular weight is 192 g/mol. The third kappa shape index (κ3) is 2.27. The number of hydrogen-bond acceptors (Lipinski definition) is 1. The molecule has 0 radical (unpaired) electrons. The zero-order valence-corrected chi connectivity index (χ0v) is 8.99. The van der Waals surface area contributed by atoms with E-state index in [-0.39, 0.29) is 0 Å². The van der Waals surface area contributed by atoms with Gasteiger partial charge in [-0.15, -0.1) is 0 Å². The van der Waals surface area contributed by atoms with Crippen molar-refractivity contribution in [2.24, 2.45) is 11.8 Å². The summed E-state index contributed by atoms with van der Waals surface area (Å²) in [6.07, 6.45) is 16.1. The molecule has 0 aliphatic heterocycles. The molecule has 0 spiro atoms. The quantitative estimate of drug-likeness (QED) is 0.652. The van der Waals surface area contributed by atoms with E-state index in [0.717, 1.165) is 11.8 Å². The maximum absolute atomic E-state index is 5.39. The molecule has 2 aliphatic rings. The zero-order chi connectivity index (χ0) is 9.80. The molecule has 1 saturated carbocycles. The summed E-state index contributed by atoms with van der Waals surface area (Å²) in [5.41, 5.74) is 0. The Morgan fingerprint density at radius 2 is 1.86 bits per heavy atom. The fraction of sp³-hybridized carbons (Fsp3) is 0.692. The van der Waals surface area contributed by atoms with Crippen molar-refractivity contribution in [1.29, 1.82) is 0 Å². The minimum Gasteiger partial charge on any atom is -0.381 e. The molecule has 0 aromatic carbocycles. The highest BCUT2D eigenvalue weighted by Gasteiger charge is 2.25. The first-order chi connectivity index (χ1) is 6.90. The minimum absolute atomic E-state index is 0.536. The van der Waals surface area contributed by atoms with Crippen LogP contribution in [0.25, 0.3) is 0 Å². The highest BCUT2D eigenvalue weighted by Crippen LogP contribution is 2.34. The van der Waals surface area contributed by atoms with Gasteiger partial charge in [-0.25, -0.2) is 0 Å². The molecule has 1 fully saturated rings. The monoisotopic (exact) mass is 192 g/mol. The number of rotatable bonds is 2. The zero-order valence-electron chi connectivity index (χ0n) is 8.99. The van der Waals surface area contributed by atoms with Crippen molar-refractivity contribution in [3.05, 3.63) is 24.3 Å². The Bertz CT molecular complexity index is 221. The molecule has 78 valence electrons. The molecule has 0 bridgehead atoms. The van der Waals surface area contributed by atoms with Crippen LogP contribution >= 0.6 is 0 Å². The lowest BCUT2D eigenvalue weighted by Crippen LogP contribution is -2.24. The molecule has 2 aliphatic carbocycles. The molecule has 0 heterocycles. The summed E-state index contributed by atoms with van der Waals surface area (Å²) in [6, 6.07) is 0. The van der Waals surface area contributed by atoms with Crippen LogP contribution in [0.1, 0.15) is 32.1 Å². The average Bonchev–Trinajstić information content (AvgIpc) is 2.30.